The molecule has 8 nitrogen and oxygen atoms in total. The third-order valence-electron chi connectivity index (χ3n) is 5.73. The number of hydrogen-bond acceptors (Lipinski definition) is 8. The second-order valence-electron chi connectivity index (χ2n) is 8.07. The van der Waals surface area contributed by atoms with Crippen molar-refractivity contribution in [3.63, 3.8) is 0 Å². The Morgan fingerprint density at radius 1 is 1.09 bits per heavy atom. The summed E-state index contributed by atoms with van der Waals surface area (Å²) in [5.74, 6) is -0.220. The molecule has 33 heavy (non-hydrogen) atoms. The van der Waals surface area contributed by atoms with Gasteiger partial charge in [-0.2, -0.15) is 5.10 Å². The van der Waals surface area contributed by atoms with Gasteiger partial charge in [-0.25, -0.2) is 33.4 Å². The summed E-state index contributed by atoms with van der Waals surface area (Å²) in [6.07, 6.45) is -0.301. The second kappa shape index (κ2) is 8.54. The summed E-state index contributed by atoms with van der Waals surface area (Å²) in [7, 11) is 0. The molecule has 4 aromatic rings. The van der Waals surface area contributed by atoms with Gasteiger partial charge in [0.15, 0.2) is 18.2 Å². The zero-order valence-electron chi connectivity index (χ0n) is 18.0. The molecule has 0 bridgehead atoms. The molecule has 0 aliphatic carbocycles. The fraction of sp³-hybridized carbons (Fsp3) is 0.364. The lowest BCUT2D eigenvalue weighted by Gasteiger charge is -2.38. The molecule has 5 rings (SSSR count). The van der Waals surface area contributed by atoms with Gasteiger partial charge in [-0.15, -0.1) is 11.3 Å². The van der Waals surface area contributed by atoms with Crippen LogP contribution in [-0.2, 0) is 6.54 Å². The second-order valence-corrected chi connectivity index (χ2v) is 9.28. The smallest absolute Gasteiger partial charge is 0.266 e. The first-order valence-corrected chi connectivity index (χ1v) is 11.4. The molecule has 1 aliphatic rings. The van der Waals surface area contributed by atoms with E-state index in [4.69, 9.17) is 0 Å². The van der Waals surface area contributed by atoms with E-state index in [0.717, 1.165) is 20.5 Å². The van der Waals surface area contributed by atoms with Crippen LogP contribution in [0.1, 0.15) is 23.5 Å². The van der Waals surface area contributed by atoms with Crippen LogP contribution in [0.5, 0.6) is 0 Å². The molecular formula is C22H21F2N7OS. The van der Waals surface area contributed by atoms with Crippen LogP contribution in [0.25, 0.3) is 21.6 Å². The van der Waals surface area contributed by atoms with Gasteiger partial charge < -0.3 is 0 Å². The Kier molecular flexibility index (Phi) is 5.57. The monoisotopic (exact) mass is 469 g/mol. The van der Waals surface area contributed by atoms with Crippen molar-refractivity contribution < 1.29 is 8.78 Å². The number of rotatable bonds is 4. The highest BCUT2D eigenvalue weighted by Gasteiger charge is 2.38. The molecule has 11 heteroatoms. The molecule has 1 saturated heterocycles. The average Bonchev–Trinajstić information content (AvgIpc) is 3.13. The molecule has 5 heterocycles. The zero-order chi connectivity index (χ0) is 23.1. The molecular weight excluding hydrogens is 448 g/mol. The van der Waals surface area contributed by atoms with Gasteiger partial charge in [0.05, 0.1) is 21.0 Å². The third-order valence-corrected chi connectivity index (χ3v) is 6.82. The van der Waals surface area contributed by atoms with E-state index in [0.29, 0.717) is 16.7 Å². The van der Waals surface area contributed by atoms with Crippen LogP contribution in [0.3, 0.4) is 0 Å². The molecule has 0 amide bonds. The van der Waals surface area contributed by atoms with Crippen LogP contribution >= 0.6 is 11.3 Å². The van der Waals surface area contributed by atoms with Gasteiger partial charge in [0.25, 0.3) is 5.56 Å². The molecule has 0 N–H and O–H groups in total. The molecule has 2 unspecified atom stereocenters. The molecule has 2 atom stereocenters. The minimum atomic E-state index is -1.61. The Labute approximate surface area is 192 Å². The Morgan fingerprint density at radius 2 is 1.88 bits per heavy atom. The first-order valence-electron chi connectivity index (χ1n) is 10.6. The lowest BCUT2D eigenvalue weighted by molar-refractivity contribution is 0.108. The predicted molar refractivity (Wildman–Crippen MR) is 121 cm³/mol. The molecule has 0 aromatic carbocycles. The molecule has 0 saturated carbocycles. The largest absolute Gasteiger partial charge is 0.295 e. The fourth-order valence-corrected chi connectivity index (χ4v) is 5.15. The van der Waals surface area contributed by atoms with Crippen LogP contribution in [0.15, 0.2) is 41.6 Å². The number of pyridine rings is 1. The van der Waals surface area contributed by atoms with E-state index in [1.165, 1.54) is 28.4 Å². The van der Waals surface area contributed by atoms with Crippen molar-refractivity contribution in [1.82, 2.24) is 29.7 Å². The molecule has 0 radical (unpaired) electrons. The summed E-state index contributed by atoms with van der Waals surface area (Å²) >= 11 is 1.49. The van der Waals surface area contributed by atoms with Crippen LogP contribution in [-0.4, -0.2) is 42.3 Å². The van der Waals surface area contributed by atoms with Crippen molar-refractivity contribution in [2.45, 2.75) is 45.8 Å². The normalized spacial score (nSPS) is 21.0. The zero-order valence-corrected chi connectivity index (χ0v) is 18.8. The maximum absolute atomic E-state index is 15.3. The molecule has 0 spiro atoms. The Hall–Kier alpha value is -3.34. The summed E-state index contributed by atoms with van der Waals surface area (Å²) < 4.78 is 31.8. The van der Waals surface area contributed by atoms with Crippen molar-refractivity contribution in [3.05, 3.63) is 57.8 Å². The number of thiazole rings is 1. The van der Waals surface area contributed by atoms with E-state index < -0.39 is 18.5 Å². The number of alkyl halides is 2. The fourth-order valence-electron chi connectivity index (χ4n) is 4.27. The standard InChI is InChI=1S/C22H21F2N7OS/c1-12-20(33-13(2)28-12)16-5-6-19(32)30(29-16)10-14-8-17(23)31(18(24)9-14)22-15-4-3-7-25-21(15)26-11-27-22/h3-7,11,14,17-18H,8-10H2,1-2H3. The number of aryl methyl sites for hydroxylation is 2. The van der Waals surface area contributed by atoms with Gasteiger partial charge in [-0.3, -0.25) is 9.69 Å². The van der Waals surface area contributed by atoms with Crippen LogP contribution in [0, 0.1) is 19.8 Å². The van der Waals surface area contributed by atoms with E-state index in [-0.39, 0.29) is 30.8 Å². The molecule has 1 fully saturated rings. The van der Waals surface area contributed by atoms with E-state index in [1.54, 1.807) is 24.4 Å². The highest BCUT2D eigenvalue weighted by Crippen LogP contribution is 2.36. The number of piperidine rings is 1. The van der Waals surface area contributed by atoms with E-state index in [9.17, 15) is 4.79 Å². The first kappa shape index (κ1) is 21.5. The van der Waals surface area contributed by atoms with Crippen molar-refractivity contribution in [2.24, 2.45) is 5.92 Å². The van der Waals surface area contributed by atoms with Gasteiger partial charge in [0.2, 0.25) is 0 Å². The number of halogens is 2. The van der Waals surface area contributed by atoms with Gasteiger partial charge in [-0.05, 0) is 38.0 Å². The molecule has 170 valence electrons. The maximum atomic E-state index is 15.3. The highest BCUT2D eigenvalue weighted by atomic mass is 32.1. The van der Waals surface area contributed by atoms with Gasteiger partial charge in [-0.1, -0.05) is 0 Å². The topological polar surface area (TPSA) is 89.7 Å². The van der Waals surface area contributed by atoms with Gasteiger partial charge >= 0.3 is 0 Å². The Balaban J connectivity index is 1.39. The van der Waals surface area contributed by atoms with Gasteiger partial charge in [0.1, 0.15) is 17.8 Å². The Morgan fingerprint density at radius 3 is 2.61 bits per heavy atom. The van der Waals surface area contributed by atoms with Crippen molar-refractivity contribution in [1.29, 1.82) is 0 Å². The quantitative estimate of drug-likeness (QED) is 0.420. The minimum Gasteiger partial charge on any atom is -0.295 e. The number of fused-ring (bicyclic) bond motifs is 1. The number of hydrogen-bond donors (Lipinski definition) is 0. The van der Waals surface area contributed by atoms with Crippen LogP contribution < -0.4 is 10.5 Å². The summed E-state index contributed by atoms with van der Waals surface area (Å²) in [5.41, 5.74) is 1.54. The molecule has 4 aromatic heterocycles. The lowest BCUT2D eigenvalue weighted by atomic mass is 9.94. The number of nitrogens with zero attached hydrogens (tertiary/aromatic N) is 7. The SMILES string of the molecule is Cc1nc(C)c(-c2ccc(=O)n(CC3CC(F)N(c4ncnc5ncccc45)C(F)C3)n2)s1. The van der Waals surface area contributed by atoms with E-state index in [1.807, 2.05) is 13.8 Å². The minimum absolute atomic E-state index is 0.0449. The van der Waals surface area contributed by atoms with Crippen LogP contribution in [0.4, 0.5) is 14.6 Å². The molecule has 1 aliphatic heterocycles. The summed E-state index contributed by atoms with van der Waals surface area (Å²) in [6.45, 7) is 3.92. The number of anilines is 1. The van der Waals surface area contributed by atoms with E-state index in [2.05, 4.69) is 25.0 Å². The first-order chi connectivity index (χ1) is 15.9. The lowest BCUT2D eigenvalue weighted by Crippen LogP contribution is -2.47. The Bertz CT molecular complexity index is 1360. The van der Waals surface area contributed by atoms with Crippen molar-refractivity contribution in [2.75, 3.05) is 4.90 Å². The van der Waals surface area contributed by atoms with Gasteiger partial charge in [0, 0.05) is 31.6 Å². The van der Waals surface area contributed by atoms with Crippen molar-refractivity contribution in [3.8, 4) is 10.6 Å². The summed E-state index contributed by atoms with van der Waals surface area (Å²) in [5, 5.41) is 5.86. The summed E-state index contributed by atoms with van der Waals surface area (Å²) in [4.78, 5) is 31.1. The van der Waals surface area contributed by atoms with Crippen LogP contribution in [0.2, 0.25) is 0 Å². The maximum Gasteiger partial charge on any atom is 0.266 e. The third kappa shape index (κ3) is 4.08. The number of aromatic nitrogens is 6. The highest BCUT2D eigenvalue weighted by molar-refractivity contribution is 7.15. The summed E-state index contributed by atoms with van der Waals surface area (Å²) in [6, 6.07) is 6.47. The van der Waals surface area contributed by atoms with Crippen molar-refractivity contribution >= 4 is 28.2 Å². The predicted octanol–water partition coefficient (Wildman–Crippen LogP) is 3.83. The van der Waals surface area contributed by atoms with E-state index >= 15 is 8.78 Å². The average molecular weight is 470 g/mol.